The average Bonchev–Trinajstić information content (AvgIpc) is 3.11. The van der Waals surface area contributed by atoms with E-state index in [1.807, 2.05) is 16.7 Å². The van der Waals surface area contributed by atoms with Gasteiger partial charge < -0.3 is 14.9 Å². The molecular formula is C15H17N3O4S2. The van der Waals surface area contributed by atoms with Gasteiger partial charge in [-0.1, -0.05) is 0 Å². The van der Waals surface area contributed by atoms with Crippen molar-refractivity contribution >= 4 is 41.3 Å². The fraction of sp³-hybridized carbons (Fsp3) is 0.467. The van der Waals surface area contributed by atoms with E-state index in [0.29, 0.717) is 24.7 Å². The van der Waals surface area contributed by atoms with Gasteiger partial charge in [-0.15, -0.1) is 11.8 Å². The van der Waals surface area contributed by atoms with Crippen molar-refractivity contribution in [2.45, 2.75) is 6.04 Å². The summed E-state index contributed by atoms with van der Waals surface area (Å²) in [6.07, 6.45) is 1.30. The Morgan fingerprint density at radius 2 is 1.96 bits per heavy atom. The van der Waals surface area contributed by atoms with Gasteiger partial charge in [0.05, 0.1) is 5.88 Å². The molecule has 1 unspecified atom stereocenters. The highest BCUT2D eigenvalue weighted by atomic mass is 32.2. The summed E-state index contributed by atoms with van der Waals surface area (Å²) in [6, 6.07) is 2.26. The fourth-order valence-corrected chi connectivity index (χ4v) is 4.74. The number of nitrogens with zero attached hydrogens (tertiary/aromatic N) is 3. The predicted octanol–water partition coefficient (Wildman–Crippen LogP) is 0.870. The van der Waals surface area contributed by atoms with Crippen LogP contribution in [0.25, 0.3) is 0 Å². The molecule has 1 aromatic heterocycles. The minimum Gasteiger partial charge on any atom is -0.477 e. The van der Waals surface area contributed by atoms with Crippen molar-refractivity contribution in [1.29, 1.82) is 0 Å². The van der Waals surface area contributed by atoms with Crippen LogP contribution in [0.1, 0.15) is 20.8 Å². The van der Waals surface area contributed by atoms with Crippen LogP contribution in [0.5, 0.6) is 0 Å². The third-order valence-corrected chi connectivity index (χ3v) is 5.93. The number of carboxylic acid groups (broad SMARTS) is 1. The number of carbonyl (C=O) groups excluding carboxylic acids is 2. The van der Waals surface area contributed by atoms with Gasteiger partial charge in [0.15, 0.2) is 0 Å². The average molecular weight is 367 g/mol. The summed E-state index contributed by atoms with van der Waals surface area (Å²) in [5.74, 6) is 1.33. The summed E-state index contributed by atoms with van der Waals surface area (Å²) in [5.41, 5.74) is 0.0699. The predicted molar refractivity (Wildman–Crippen MR) is 92.4 cm³/mol. The van der Waals surface area contributed by atoms with Crippen molar-refractivity contribution in [2.75, 3.05) is 36.2 Å². The van der Waals surface area contributed by atoms with Gasteiger partial charge in [0, 0.05) is 42.1 Å². The Bertz CT molecular complexity index is 664. The van der Waals surface area contributed by atoms with Crippen LogP contribution in [-0.4, -0.2) is 79.9 Å². The maximum atomic E-state index is 12.7. The number of thioether (sulfide) groups is 2. The Kier molecular flexibility index (Phi) is 5.30. The number of pyridine rings is 1. The number of carboxylic acids is 1. The van der Waals surface area contributed by atoms with Crippen LogP contribution in [-0.2, 0) is 4.79 Å². The van der Waals surface area contributed by atoms with Crippen molar-refractivity contribution in [2.24, 2.45) is 0 Å². The van der Waals surface area contributed by atoms with Gasteiger partial charge in [-0.3, -0.25) is 9.59 Å². The van der Waals surface area contributed by atoms with Gasteiger partial charge in [-0.2, -0.15) is 11.8 Å². The largest absolute Gasteiger partial charge is 0.477 e. The molecule has 1 atom stereocenters. The van der Waals surface area contributed by atoms with Gasteiger partial charge in [0.1, 0.15) is 11.7 Å². The number of carbonyl (C=O) groups is 3. The molecule has 9 heteroatoms. The molecule has 2 saturated heterocycles. The molecule has 3 rings (SSSR count). The highest BCUT2D eigenvalue weighted by molar-refractivity contribution is 7.99. The number of hydrogen-bond acceptors (Lipinski definition) is 6. The highest BCUT2D eigenvalue weighted by Crippen LogP contribution is 2.25. The molecule has 1 aromatic rings. The second-order valence-electron chi connectivity index (χ2n) is 5.46. The van der Waals surface area contributed by atoms with Crippen LogP contribution >= 0.6 is 23.5 Å². The molecule has 2 amide bonds. The van der Waals surface area contributed by atoms with Gasteiger partial charge in [0.2, 0.25) is 5.91 Å². The SMILES string of the molecule is O=C(O)c1cc(C(=O)N2CSCC2C(=O)N2CCSCC2)ccn1. The highest BCUT2D eigenvalue weighted by Gasteiger charge is 2.37. The molecule has 0 aromatic carbocycles. The van der Waals surface area contributed by atoms with Crippen LogP contribution in [0.2, 0.25) is 0 Å². The first kappa shape index (κ1) is 17.1. The zero-order valence-corrected chi connectivity index (χ0v) is 14.5. The van der Waals surface area contributed by atoms with Crippen LogP contribution in [0.4, 0.5) is 0 Å². The van der Waals surface area contributed by atoms with Crippen molar-refractivity contribution in [3.05, 3.63) is 29.6 Å². The second kappa shape index (κ2) is 7.43. The molecule has 0 spiro atoms. The summed E-state index contributed by atoms with van der Waals surface area (Å²) < 4.78 is 0. The van der Waals surface area contributed by atoms with Crippen molar-refractivity contribution < 1.29 is 19.5 Å². The Morgan fingerprint density at radius 3 is 2.67 bits per heavy atom. The molecule has 2 aliphatic rings. The first-order chi connectivity index (χ1) is 11.6. The zero-order chi connectivity index (χ0) is 17.1. The number of aromatic nitrogens is 1. The maximum Gasteiger partial charge on any atom is 0.354 e. The zero-order valence-electron chi connectivity index (χ0n) is 12.9. The number of aromatic carboxylic acids is 1. The van der Waals surface area contributed by atoms with Gasteiger partial charge in [-0.25, -0.2) is 9.78 Å². The van der Waals surface area contributed by atoms with E-state index in [1.165, 1.54) is 35.0 Å². The van der Waals surface area contributed by atoms with Gasteiger partial charge in [-0.05, 0) is 12.1 Å². The van der Waals surface area contributed by atoms with Crippen LogP contribution in [0.15, 0.2) is 18.3 Å². The molecule has 3 heterocycles. The molecular weight excluding hydrogens is 350 g/mol. The smallest absolute Gasteiger partial charge is 0.354 e. The molecule has 24 heavy (non-hydrogen) atoms. The monoisotopic (exact) mass is 367 g/mol. The fourth-order valence-electron chi connectivity index (χ4n) is 2.69. The van der Waals surface area contributed by atoms with E-state index in [0.717, 1.165) is 11.5 Å². The van der Waals surface area contributed by atoms with Gasteiger partial charge in [0.25, 0.3) is 5.91 Å². The van der Waals surface area contributed by atoms with Gasteiger partial charge >= 0.3 is 5.97 Å². The molecule has 0 saturated carbocycles. The van der Waals surface area contributed by atoms with E-state index in [2.05, 4.69) is 4.98 Å². The molecule has 0 radical (unpaired) electrons. The summed E-state index contributed by atoms with van der Waals surface area (Å²) in [5, 5.41) is 9.01. The Morgan fingerprint density at radius 1 is 1.21 bits per heavy atom. The molecule has 2 aliphatic heterocycles. The Hall–Kier alpha value is -1.74. The quantitative estimate of drug-likeness (QED) is 0.848. The van der Waals surface area contributed by atoms with Crippen molar-refractivity contribution in [3.8, 4) is 0 Å². The molecule has 2 fully saturated rings. The molecule has 7 nitrogen and oxygen atoms in total. The summed E-state index contributed by atoms with van der Waals surface area (Å²) in [4.78, 5) is 43.6. The van der Waals surface area contributed by atoms with Crippen LogP contribution in [0.3, 0.4) is 0 Å². The van der Waals surface area contributed by atoms with E-state index in [-0.39, 0.29) is 23.1 Å². The summed E-state index contributed by atoms with van der Waals surface area (Å²) in [7, 11) is 0. The molecule has 128 valence electrons. The third kappa shape index (κ3) is 3.51. The van der Waals surface area contributed by atoms with E-state index < -0.39 is 12.0 Å². The van der Waals surface area contributed by atoms with E-state index in [1.54, 1.807) is 0 Å². The van der Waals surface area contributed by atoms with E-state index in [9.17, 15) is 14.4 Å². The van der Waals surface area contributed by atoms with Crippen molar-refractivity contribution in [3.63, 3.8) is 0 Å². The first-order valence-corrected chi connectivity index (χ1v) is 9.83. The molecule has 1 N–H and O–H groups in total. The van der Waals surface area contributed by atoms with E-state index in [4.69, 9.17) is 5.11 Å². The minimum atomic E-state index is -1.18. The van der Waals surface area contributed by atoms with Crippen LogP contribution < -0.4 is 0 Å². The Balaban J connectivity index is 1.77. The third-order valence-electron chi connectivity index (χ3n) is 3.98. The first-order valence-electron chi connectivity index (χ1n) is 7.52. The lowest BCUT2D eigenvalue weighted by Gasteiger charge is -2.32. The summed E-state index contributed by atoms with van der Waals surface area (Å²) >= 11 is 3.36. The standard InChI is InChI=1S/C15H17N3O4S2/c19-13(10-1-2-16-11(7-10)15(21)22)18-9-24-8-12(18)14(20)17-3-5-23-6-4-17/h1-2,7,12H,3-6,8-9H2,(H,21,22). The minimum absolute atomic E-state index is 0.0128. The number of amides is 2. The maximum absolute atomic E-state index is 12.7. The number of hydrogen-bond donors (Lipinski definition) is 1. The molecule has 0 bridgehead atoms. The lowest BCUT2D eigenvalue weighted by molar-refractivity contribution is -0.134. The molecule has 0 aliphatic carbocycles. The number of rotatable bonds is 3. The van der Waals surface area contributed by atoms with E-state index >= 15 is 0 Å². The van der Waals surface area contributed by atoms with Crippen molar-refractivity contribution in [1.82, 2.24) is 14.8 Å². The normalized spacial score (nSPS) is 20.9. The Labute approximate surface area is 147 Å². The topological polar surface area (TPSA) is 90.8 Å². The van der Waals surface area contributed by atoms with Crippen LogP contribution in [0, 0.1) is 0 Å². The lowest BCUT2D eigenvalue weighted by atomic mass is 10.1. The lowest BCUT2D eigenvalue weighted by Crippen LogP contribution is -2.51. The second-order valence-corrected chi connectivity index (χ2v) is 7.69. The summed E-state index contributed by atoms with van der Waals surface area (Å²) in [6.45, 7) is 1.43.